The number of rotatable bonds is 6. The first-order chi connectivity index (χ1) is 9.60. The first-order valence-corrected chi connectivity index (χ1v) is 7.58. The lowest BCUT2D eigenvalue weighted by molar-refractivity contribution is -0.144. The Morgan fingerprint density at radius 3 is 2.90 bits per heavy atom. The van der Waals surface area contributed by atoms with E-state index in [1.807, 2.05) is 11.3 Å². The van der Waals surface area contributed by atoms with Gasteiger partial charge in [-0.3, -0.25) is 4.79 Å². The zero-order valence-electron chi connectivity index (χ0n) is 11.8. The van der Waals surface area contributed by atoms with Gasteiger partial charge >= 0.3 is 5.97 Å². The van der Waals surface area contributed by atoms with Crippen LogP contribution in [0.2, 0.25) is 0 Å². The molecule has 0 saturated heterocycles. The minimum Gasteiger partial charge on any atom is -0.467 e. The fourth-order valence-corrected chi connectivity index (χ4v) is 3.63. The number of aryl methyl sites for hydroxylation is 2. The Labute approximate surface area is 122 Å². The molecule has 1 aliphatic rings. The number of ether oxygens (including phenoxy) is 1. The van der Waals surface area contributed by atoms with Crippen molar-refractivity contribution in [3.05, 3.63) is 21.4 Å². The molecule has 1 heterocycles. The molecular formula is C14H20N2O3S. The second-order valence-electron chi connectivity index (χ2n) is 4.92. The van der Waals surface area contributed by atoms with Crippen LogP contribution in [0, 0.1) is 0 Å². The van der Waals surface area contributed by atoms with Crippen molar-refractivity contribution in [2.45, 2.75) is 38.8 Å². The van der Waals surface area contributed by atoms with Gasteiger partial charge < -0.3 is 15.4 Å². The van der Waals surface area contributed by atoms with E-state index in [-0.39, 0.29) is 5.91 Å². The predicted molar refractivity (Wildman–Crippen MR) is 77.7 cm³/mol. The molecule has 5 nitrogen and oxygen atoms in total. The fraction of sp³-hybridized carbons (Fsp3) is 0.571. The van der Waals surface area contributed by atoms with E-state index in [2.05, 4.69) is 21.4 Å². The third-order valence-electron chi connectivity index (χ3n) is 3.31. The molecule has 1 aromatic heterocycles. The minimum atomic E-state index is -0.635. The standard InChI is InChI=1S/C14H20N2O3S/c1-9(17)16-12(14(18)19-2)8-15-7-11-6-10-4-3-5-13(10)20-11/h6,12,15H,3-5,7-8H2,1-2H3,(H,16,17). The van der Waals surface area contributed by atoms with Crippen LogP contribution in [0.15, 0.2) is 6.07 Å². The first-order valence-electron chi connectivity index (χ1n) is 6.76. The average Bonchev–Trinajstić information content (AvgIpc) is 2.97. The Morgan fingerprint density at radius 1 is 1.45 bits per heavy atom. The maximum absolute atomic E-state index is 11.5. The molecule has 0 bridgehead atoms. The van der Waals surface area contributed by atoms with Crippen LogP contribution in [0.25, 0.3) is 0 Å². The molecule has 1 unspecified atom stereocenters. The number of nitrogens with one attached hydrogen (secondary N) is 2. The molecule has 2 rings (SSSR count). The number of fused-ring (bicyclic) bond motifs is 1. The smallest absolute Gasteiger partial charge is 0.329 e. The SMILES string of the molecule is COC(=O)C(CNCc1cc2c(s1)CCC2)NC(C)=O. The quantitative estimate of drug-likeness (QED) is 0.769. The van der Waals surface area contributed by atoms with Crippen LogP contribution < -0.4 is 10.6 Å². The Morgan fingerprint density at radius 2 is 2.25 bits per heavy atom. The summed E-state index contributed by atoms with van der Waals surface area (Å²) in [6.45, 7) is 2.47. The van der Waals surface area contributed by atoms with Gasteiger partial charge in [0.2, 0.25) is 5.91 Å². The zero-order valence-corrected chi connectivity index (χ0v) is 12.6. The van der Waals surface area contributed by atoms with Crippen molar-refractivity contribution in [2.75, 3.05) is 13.7 Å². The van der Waals surface area contributed by atoms with Crippen LogP contribution in [0.3, 0.4) is 0 Å². The second kappa shape index (κ2) is 6.85. The van der Waals surface area contributed by atoms with Gasteiger partial charge in [-0.15, -0.1) is 11.3 Å². The molecule has 0 spiro atoms. The normalized spacial score (nSPS) is 14.7. The fourth-order valence-electron chi connectivity index (χ4n) is 2.40. The number of thiophene rings is 1. The number of amides is 1. The Bertz CT molecular complexity index is 477. The van der Waals surface area contributed by atoms with Crippen molar-refractivity contribution < 1.29 is 14.3 Å². The summed E-state index contributed by atoms with van der Waals surface area (Å²) >= 11 is 1.84. The van der Waals surface area contributed by atoms with Crippen molar-refractivity contribution in [1.29, 1.82) is 0 Å². The zero-order chi connectivity index (χ0) is 14.5. The minimum absolute atomic E-state index is 0.239. The predicted octanol–water partition coefficient (Wildman–Crippen LogP) is 1.00. The van der Waals surface area contributed by atoms with Crippen molar-refractivity contribution in [3.63, 3.8) is 0 Å². The molecule has 110 valence electrons. The van der Waals surface area contributed by atoms with E-state index in [0.717, 1.165) is 0 Å². The number of hydrogen-bond acceptors (Lipinski definition) is 5. The van der Waals surface area contributed by atoms with Crippen LogP contribution in [0.1, 0.15) is 28.7 Å². The van der Waals surface area contributed by atoms with Gasteiger partial charge in [0.15, 0.2) is 0 Å². The van der Waals surface area contributed by atoms with Gasteiger partial charge in [0.25, 0.3) is 0 Å². The highest BCUT2D eigenvalue weighted by Crippen LogP contribution is 2.30. The number of hydrogen-bond donors (Lipinski definition) is 2. The van der Waals surface area contributed by atoms with E-state index in [0.29, 0.717) is 13.1 Å². The van der Waals surface area contributed by atoms with Gasteiger partial charge in [-0.25, -0.2) is 4.79 Å². The summed E-state index contributed by atoms with van der Waals surface area (Å²) in [4.78, 5) is 25.4. The molecular weight excluding hydrogens is 276 g/mol. The van der Waals surface area contributed by atoms with Gasteiger partial charge in [-0.1, -0.05) is 0 Å². The highest BCUT2D eigenvalue weighted by Gasteiger charge is 2.20. The number of carbonyl (C=O) groups excluding carboxylic acids is 2. The first kappa shape index (κ1) is 15.0. The lowest BCUT2D eigenvalue weighted by atomic mass is 10.2. The average molecular weight is 296 g/mol. The van der Waals surface area contributed by atoms with Crippen LogP contribution >= 0.6 is 11.3 Å². The van der Waals surface area contributed by atoms with Crippen molar-refractivity contribution in [3.8, 4) is 0 Å². The molecule has 1 aliphatic carbocycles. The Hall–Kier alpha value is -1.40. The molecule has 1 aromatic rings. The monoisotopic (exact) mass is 296 g/mol. The topological polar surface area (TPSA) is 67.4 Å². The Balaban J connectivity index is 1.82. The third kappa shape index (κ3) is 3.80. The second-order valence-corrected chi connectivity index (χ2v) is 6.14. The van der Waals surface area contributed by atoms with Gasteiger partial charge in [0, 0.05) is 29.8 Å². The molecule has 1 atom stereocenters. The van der Waals surface area contributed by atoms with Crippen molar-refractivity contribution in [2.24, 2.45) is 0 Å². The highest BCUT2D eigenvalue weighted by atomic mass is 32.1. The van der Waals surface area contributed by atoms with E-state index in [9.17, 15) is 9.59 Å². The van der Waals surface area contributed by atoms with Crippen LogP contribution in [0.4, 0.5) is 0 Å². The highest BCUT2D eigenvalue weighted by molar-refractivity contribution is 7.12. The summed E-state index contributed by atoms with van der Waals surface area (Å²) in [5.41, 5.74) is 1.47. The maximum atomic E-state index is 11.5. The van der Waals surface area contributed by atoms with Crippen molar-refractivity contribution in [1.82, 2.24) is 10.6 Å². The van der Waals surface area contributed by atoms with Gasteiger partial charge in [-0.2, -0.15) is 0 Å². The van der Waals surface area contributed by atoms with Crippen molar-refractivity contribution >= 4 is 23.2 Å². The van der Waals surface area contributed by atoms with E-state index < -0.39 is 12.0 Å². The molecule has 0 saturated carbocycles. The van der Waals surface area contributed by atoms with E-state index in [1.54, 1.807) is 0 Å². The lowest BCUT2D eigenvalue weighted by Gasteiger charge is -2.15. The van der Waals surface area contributed by atoms with E-state index in [4.69, 9.17) is 0 Å². The summed E-state index contributed by atoms with van der Waals surface area (Å²) in [6.07, 6.45) is 3.64. The number of esters is 1. The van der Waals surface area contributed by atoms with Crippen LogP contribution in [-0.2, 0) is 33.7 Å². The maximum Gasteiger partial charge on any atom is 0.329 e. The Kier molecular flexibility index (Phi) is 5.14. The molecule has 6 heteroatoms. The molecule has 0 aromatic carbocycles. The molecule has 1 amide bonds. The summed E-state index contributed by atoms with van der Waals surface area (Å²) in [6, 6.07) is 1.61. The van der Waals surface area contributed by atoms with E-state index >= 15 is 0 Å². The molecule has 0 fully saturated rings. The van der Waals surface area contributed by atoms with Gasteiger partial charge in [0.1, 0.15) is 6.04 Å². The number of methoxy groups -OCH3 is 1. The molecule has 2 N–H and O–H groups in total. The summed E-state index contributed by atoms with van der Waals surface area (Å²) < 4.78 is 4.67. The van der Waals surface area contributed by atoms with E-state index in [1.165, 1.54) is 48.6 Å². The van der Waals surface area contributed by atoms with Gasteiger partial charge in [0.05, 0.1) is 7.11 Å². The summed E-state index contributed by atoms with van der Waals surface area (Å²) in [5.74, 6) is -0.668. The van der Waals surface area contributed by atoms with Gasteiger partial charge in [-0.05, 0) is 30.9 Å². The summed E-state index contributed by atoms with van der Waals surface area (Å²) in [7, 11) is 1.32. The van der Waals surface area contributed by atoms with Crippen LogP contribution in [0.5, 0.6) is 0 Å². The van der Waals surface area contributed by atoms with Crippen LogP contribution in [-0.4, -0.2) is 31.6 Å². The molecule has 0 aliphatic heterocycles. The lowest BCUT2D eigenvalue weighted by Crippen LogP contribution is -2.46. The third-order valence-corrected chi connectivity index (χ3v) is 4.55. The largest absolute Gasteiger partial charge is 0.467 e. The molecule has 0 radical (unpaired) electrons. The summed E-state index contributed by atoms with van der Waals surface area (Å²) in [5, 5.41) is 5.79. The molecule has 20 heavy (non-hydrogen) atoms. The number of carbonyl (C=O) groups is 2.